The largest absolute Gasteiger partial charge is 0.378 e. The fraction of sp³-hybridized carbons (Fsp3) is 0.833. The molecule has 0 radical (unpaired) electrons. The highest BCUT2D eigenvalue weighted by molar-refractivity contribution is 9.09. The van der Waals surface area contributed by atoms with Gasteiger partial charge in [0.25, 0.3) is 0 Å². The van der Waals surface area contributed by atoms with Crippen LogP contribution in [0, 0.1) is 16.7 Å². The molecule has 0 bridgehead atoms. The topological polar surface area (TPSA) is 44.0 Å². The molecule has 1 atom stereocenters. The summed E-state index contributed by atoms with van der Waals surface area (Å²) in [5, 5.41) is 17.9. The van der Waals surface area contributed by atoms with Crippen LogP contribution in [0.5, 0.6) is 0 Å². The van der Waals surface area contributed by atoms with E-state index in [9.17, 15) is 0 Å². The van der Waals surface area contributed by atoms with E-state index in [2.05, 4.69) is 15.9 Å². The molecule has 52 valence electrons. The molecule has 0 aromatic carbocycles. The van der Waals surface area contributed by atoms with Gasteiger partial charge in [-0.1, -0.05) is 29.8 Å². The van der Waals surface area contributed by atoms with Gasteiger partial charge in [-0.05, 0) is 0 Å². The van der Waals surface area contributed by atoms with Gasteiger partial charge < -0.3 is 5.11 Å². The van der Waals surface area contributed by atoms with Gasteiger partial charge in [0.05, 0.1) is 6.07 Å². The van der Waals surface area contributed by atoms with E-state index in [0.29, 0.717) is 5.33 Å². The summed E-state index contributed by atoms with van der Waals surface area (Å²) in [5.41, 5.74) is -0.339. The van der Waals surface area contributed by atoms with Crippen molar-refractivity contribution < 1.29 is 5.11 Å². The Balaban J connectivity index is 4.01. The van der Waals surface area contributed by atoms with Crippen molar-refractivity contribution in [2.45, 2.75) is 20.0 Å². The third-order valence-corrected chi connectivity index (χ3v) is 2.65. The van der Waals surface area contributed by atoms with Crippen molar-refractivity contribution in [1.82, 2.24) is 0 Å². The molecule has 9 heavy (non-hydrogen) atoms. The summed E-state index contributed by atoms with van der Waals surface area (Å²) >= 11 is 3.20. The molecule has 0 amide bonds. The zero-order valence-corrected chi connectivity index (χ0v) is 7.14. The smallest absolute Gasteiger partial charge is 0.146 e. The molecule has 0 aromatic rings. The van der Waals surface area contributed by atoms with E-state index in [1.807, 2.05) is 13.8 Å². The molecule has 0 saturated heterocycles. The average molecular weight is 192 g/mol. The lowest BCUT2D eigenvalue weighted by Crippen LogP contribution is -2.29. The number of halogens is 1. The van der Waals surface area contributed by atoms with Gasteiger partial charge in [0.15, 0.2) is 0 Å². The fourth-order valence-electron chi connectivity index (χ4n) is 0.248. The molecule has 0 aliphatic heterocycles. The van der Waals surface area contributed by atoms with E-state index in [0.717, 1.165) is 0 Å². The van der Waals surface area contributed by atoms with Crippen molar-refractivity contribution in [3.8, 4) is 6.07 Å². The van der Waals surface area contributed by atoms with E-state index >= 15 is 0 Å². The molecular formula is C6H10BrNO. The molecule has 2 nitrogen and oxygen atoms in total. The second-order valence-corrected chi connectivity index (χ2v) is 3.21. The Labute approximate surface area is 63.6 Å². The van der Waals surface area contributed by atoms with Crippen LogP contribution in [0.3, 0.4) is 0 Å². The summed E-state index contributed by atoms with van der Waals surface area (Å²) in [6.45, 7) is 3.66. The number of aliphatic hydroxyl groups excluding tert-OH is 1. The number of nitrogens with zero attached hydrogens (tertiary/aromatic N) is 1. The predicted molar refractivity (Wildman–Crippen MR) is 39.2 cm³/mol. The van der Waals surface area contributed by atoms with Gasteiger partial charge in [-0.15, -0.1) is 0 Å². The van der Waals surface area contributed by atoms with E-state index < -0.39 is 6.10 Å². The van der Waals surface area contributed by atoms with Gasteiger partial charge in [-0.25, -0.2) is 0 Å². The minimum atomic E-state index is -0.878. The lowest BCUT2D eigenvalue weighted by molar-refractivity contribution is 0.116. The summed E-state index contributed by atoms with van der Waals surface area (Å²) in [4.78, 5) is 0. The normalized spacial score (nSPS) is 14.6. The first-order chi connectivity index (χ1) is 4.04. The minimum Gasteiger partial charge on any atom is -0.378 e. The first kappa shape index (κ1) is 8.93. The quantitative estimate of drug-likeness (QED) is 0.529. The average Bonchev–Trinajstić information content (AvgIpc) is 1.86. The van der Waals surface area contributed by atoms with Crippen LogP contribution in [-0.4, -0.2) is 16.5 Å². The van der Waals surface area contributed by atoms with Gasteiger partial charge in [-0.2, -0.15) is 5.26 Å². The van der Waals surface area contributed by atoms with Crippen LogP contribution in [0.1, 0.15) is 13.8 Å². The minimum absolute atomic E-state index is 0.339. The molecule has 0 aromatic heterocycles. The van der Waals surface area contributed by atoms with E-state index in [4.69, 9.17) is 10.4 Å². The Kier molecular flexibility index (Phi) is 3.16. The monoisotopic (exact) mass is 191 g/mol. The van der Waals surface area contributed by atoms with Crippen LogP contribution in [0.15, 0.2) is 0 Å². The molecule has 0 saturated carbocycles. The Bertz CT molecular complexity index is 128. The molecule has 0 heterocycles. The Hall–Kier alpha value is -0.0700. The Morgan fingerprint density at radius 3 is 2.33 bits per heavy atom. The van der Waals surface area contributed by atoms with Gasteiger partial charge >= 0.3 is 0 Å². The molecule has 0 fully saturated rings. The van der Waals surface area contributed by atoms with E-state index in [1.54, 1.807) is 6.07 Å². The zero-order valence-electron chi connectivity index (χ0n) is 5.56. The molecule has 0 unspecified atom stereocenters. The summed E-state index contributed by atoms with van der Waals surface area (Å²) in [7, 11) is 0. The number of hydrogen-bond donors (Lipinski definition) is 1. The van der Waals surface area contributed by atoms with Crippen LogP contribution in [0.2, 0.25) is 0 Å². The summed E-state index contributed by atoms with van der Waals surface area (Å²) in [6, 6.07) is 1.78. The summed E-state index contributed by atoms with van der Waals surface area (Å²) < 4.78 is 0. The van der Waals surface area contributed by atoms with Crippen LogP contribution < -0.4 is 0 Å². The van der Waals surface area contributed by atoms with Crippen molar-refractivity contribution in [2.24, 2.45) is 5.41 Å². The van der Waals surface area contributed by atoms with Crippen molar-refractivity contribution in [3.05, 3.63) is 0 Å². The number of alkyl halides is 1. The standard InChI is InChI=1S/C6H10BrNO/c1-6(2,4-7)5(9)3-8/h5,9H,4H2,1-2H3/t5-/m0/s1. The second kappa shape index (κ2) is 3.19. The molecular weight excluding hydrogens is 182 g/mol. The number of hydrogen-bond acceptors (Lipinski definition) is 2. The highest BCUT2D eigenvalue weighted by Crippen LogP contribution is 2.22. The maximum absolute atomic E-state index is 8.99. The molecule has 0 aliphatic carbocycles. The highest BCUT2D eigenvalue weighted by Gasteiger charge is 2.25. The molecule has 0 aliphatic rings. The zero-order chi connectivity index (χ0) is 7.49. The number of nitriles is 1. The maximum Gasteiger partial charge on any atom is 0.146 e. The number of rotatable bonds is 2. The van der Waals surface area contributed by atoms with Crippen molar-refractivity contribution >= 4 is 15.9 Å². The third kappa shape index (κ3) is 2.33. The van der Waals surface area contributed by atoms with Crippen LogP contribution in [-0.2, 0) is 0 Å². The molecule has 3 heteroatoms. The Morgan fingerprint density at radius 1 is 1.78 bits per heavy atom. The van der Waals surface area contributed by atoms with Gasteiger partial charge in [0.2, 0.25) is 0 Å². The van der Waals surface area contributed by atoms with Crippen LogP contribution in [0.4, 0.5) is 0 Å². The third-order valence-electron chi connectivity index (χ3n) is 1.21. The second-order valence-electron chi connectivity index (χ2n) is 2.65. The van der Waals surface area contributed by atoms with Crippen LogP contribution >= 0.6 is 15.9 Å². The SMILES string of the molecule is CC(C)(CBr)[C@@H](O)C#N. The predicted octanol–water partition coefficient (Wildman–Crippen LogP) is 1.29. The number of aliphatic hydroxyl groups is 1. The first-order valence-electron chi connectivity index (χ1n) is 2.68. The van der Waals surface area contributed by atoms with Crippen LogP contribution in [0.25, 0.3) is 0 Å². The lowest BCUT2D eigenvalue weighted by atomic mass is 9.90. The van der Waals surface area contributed by atoms with Crippen molar-refractivity contribution in [3.63, 3.8) is 0 Å². The Morgan fingerprint density at radius 2 is 2.22 bits per heavy atom. The van der Waals surface area contributed by atoms with Crippen molar-refractivity contribution in [1.29, 1.82) is 5.26 Å². The summed E-state index contributed by atoms with van der Waals surface area (Å²) in [5.74, 6) is 0. The molecule has 0 rings (SSSR count). The van der Waals surface area contributed by atoms with Crippen molar-refractivity contribution in [2.75, 3.05) is 5.33 Å². The first-order valence-corrected chi connectivity index (χ1v) is 3.80. The van der Waals surface area contributed by atoms with E-state index in [-0.39, 0.29) is 5.41 Å². The lowest BCUT2D eigenvalue weighted by Gasteiger charge is -2.22. The fourth-order valence-corrected chi connectivity index (χ4v) is 0.554. The molecule has 0 spiro atoms. The highest BCUT2D eigenvalue weighted by atomic mass is 79.9. The van der Waals surface area contributed by atoms with Gasteiger partial charge in [0, 0.05) is 10.7 Å². The van der Waals surface area contributed by atoms with Gasteiger partial charge in [-0.3, -0.25) is 0 Å². The van der Waals surface area contributed by atoms with E-state index in [1.165, 1.54) is 0 Å². The van der Waals surface area contributed by atoms with Gasteiger partial charge in [0.1, 0.15) is 6.10 Å². The molecule has 1 N–H and O–H groups in total. The summed E-state index contributed by atoms with van der Waals surface area (Å²) in [6.07, 6.45) is -0.878. The maximum atomic E-state index is 8.99.